The van der Waals surface area contributed by atoms with Gasteiger partial charge in [0.1, 0.15) is 17.5 Å². The van der Waals surface area contributed by atoms with E-state index in [0.717, 1.165) is 0 Å². The van der Waals surface area contributed by atoms with Crippen molar-refractivity contribution in [1.29, 1.82) is 0 Å². The molecule has 0 radical (unpaired) electrons. The maximum atomic E-state index is 14.3. The lowest BCUT2D eigenvalue weighted by molar-refractivity contribution is -0.213. The number of benzene rings is 3. The van der Waals surface area contributed by atoms with Gasteiger partial charge in [0, 0.05) is 36.2 Å². The molecule has 2 aliphatic carbocycles. The highest BCUT2D eigenvalue weighted by atomic mass is 32.2. The monoisotopic (exact) mass is 680 g/mol. The van der Waals surface area contributed by atoms with E-state index in [4.69, 9.17) is 9.47 Å². The maximum Gasteiger partial charge on any atom is 0.411 e. The molecule has 0 fully saturated rings. The number of allylic oxidation sites excluding steroid dienone is 2. The number of sulfone groups is 1. The summed E-state index contributed by atoms with van der Waals surface area (Å²) in [5.74, 6) is 8.52. The van der Waals surface area contributed by atoms with Gasteiger partial charge in [-0.05, 0) is 60.5 Å². The van der Waals surface area contributed by atoms with Crippen LogP contribution in [0.5, 0.6) is 5.75 Å². The van der Waals surface area contributed by atoms with E-state index in [9.17, 15) is 38.1 Å². The Bertz CT molecular complexity index is 2220. The van der Waals surface area contributed by atoms with Gasteiger partial charge in [-0.3, -0.25) is 14.5 Å². The van der Waals surface area contributed by atoms with Crippen LogP contribution in [0.4, 0.5) is 10.5 Å². The van der Waals surface area contributed by atoms with Gasteiger partial charge in [0.2, 0.25) is 9.84 Å². The summed E-state index contributed by atoms with van der Waals surface area (Å²) in [5.41, 5.74) is -0.853. The second-order valence-electron chi connectivity index (χ2n) is 12.0. The lowest BCUT2D eigenvalue weighted by atomic mass is 9.73. The van der Waals surface area contributed by atoms with Gasteiger partial charge in [0.05, 0.1) is 27.8 Å². The second kappa shape index (κ2) is 11.9. The molecule has 4 aliphatic rings. The number of phenolic OH excluding ortho intramolecular Hbond substituents is 1. The summed E-state index contributed by atoms with van der Waals surface area (Å²) in [6.45, 7) is 1.33. The lowest BCUT2D eigenvalue weighted by Crippen LogP contribution is -2.51. The first kappa shape index (κ1) is 32.1. The Morgan fingerprint density at radius 1 is 1.02 bits per heavy atom. The number of hydrogen-bond acceptors (Lipinski definition) is 11. The molecule has 2 heterocycles. The molecular formula is C36H28N2O10S. The first-order valence-corrected chi connectivity index (χ1v) is 16.9. The van der Waals surface area contributed by atoms with Crippen molar-refractivity contribution in [2.24, 2.45) is 0 Å². The number of nitrogens with one attached hydrogen (secondary N) is 1. The zero-order valence-corrected chi connectivity index (χ0v) is 26.7. The van der Waals surface area contributed by atoms with Crippen LogP contribution in [0.15, 0.2) is 65.6 Å². The van der Waals surface area contributed by atoms with Crippen LogP contribution in [0.3, 0.4) is 0 Å². The van der Waals surface area contributed by atoms with Crippen molar-refractivity contribution >= 4 is 33.2 Å². The number of carbonyl (C=O) groups excluding carboxylic acids is 3. The molecule has 248 valence electrons. The molecular weight excluding hydrogens is 652 g/mol. The first-order valence-electron chi connectivity index (χ1n) is 15.2. The fraction of sp³-hybridized carbons (Fsp3) is 0.250. The average molecular weight is 681 g/mol. The van der Waals surface area contributed by atoms with Gasteiger partial charge in [-0.1, -0.05) is 41.9 Å². The van der Waals surface area contributed by atoms with Gasteiger partial charge in [0.15, 0.2) is 23.8 Å². The second-order valence-corrected chi connectivity index (χ2v) is 14.0. The van der Waals surface area contributed by atoms with E-state index in [1.54, 1.807) is 18.2 Å². The Morgan fingerprint density at radius 2 is 1.65 bits per heavy atom. The molecule has 4 atom stereocenters. The van der Waals surface area contributed by atoms with Crippen LogP contribution in [-0.4, -0.2) is 70.7 Å². The van der Waals surface area contributed by atoms with Crippen molar-refractivity contribution in [3.8, 4) is 29.4 Å². The molecule has 0 saturated heterocycles. The highest BCUT2D eigenvalue weighted by Gasteiger charge is 2.51. The molecule has 12 nitrogen and oxygen atoms in total. The van der Waals surface area contributed by atoms with E-state index in [0.29, 0.717) is 11.1 Å². The smallest absolute Gasteiger partial charge is 0.411 e. The summed E-state index contributed by atoms with van der Waals surface area (Å²) < 4.78 is 36.3. The van der Waals surface area contributed by atoms with E-state index in [1.807, 2.05) is 0 Å². The van der Waals surface area contributed by atoms with Crippen LogP contribution < -0.4 is 5.32 Å². The third-order valence-corrected chi connectivity index (χ3v) is 10.3. The predicted molar refractivity (Wildman–Crippen MR) is 173 cm³/mol. The molecule has 0 saturated carbocycles. The van der Waals surface area contributed by atoms with Crippen LogP contribution in [0, 0.1) is 23.7 Å². The normalized spacial score (nSPS) is 22.8. The maximum absolute atomic E-state index is 14.3. The molecule has 3 aromatic carbocycles. The predicted octanol–water partition coefficient (Wildman–Crippen LogP) is 2.72. The third kappa shape index (κ3) is 5.43. The molecule has 0 spiro atoms. The van der Waals surface area contributed by atoms with Crippen molar-refractivity contribution < 1.29 is 47.6 Å². The van der Waals surface area contributed by atoms with Crippen LogP contribution in [0.1, 0.15) is 61.9 Å². The summed E-state index contributed by atoms with van der Waals surface area (Å²) in [4.78, 5) is 42.6. The quantitative estimate of drug-likeness (QED) is 0.138. The number of anilines is 1. The Kier molecular flexibility index (Phi) is 7.81. The van der Waals surface area contributed by atoms with Gasteiger partial charge < -0.3 is 30.1 Å². The van der Waals surface area contributed by atoms with E-state index in [2.05, 4.69) is 29.0 Å². The van der Waals surface area contributed by atoms with Crippen molar-refractivity contribution in [3.05, 3.63) is 99.6 Å². The number of phenols is 1. The lowest BCUT2D eigenvalue weighted by Gasteiger charge is -2.44. The summed E-state index contributed by atoms with van der Waals surface area (Å²) in [6.07, 6.45) is -0.906. The minimum Gasteiger partial charge on any atom is -0.507 e. The third-order valence-electron chi connectivity index (χ3n) is 8.84. The number of ketones is 2. The molecule has 0 aromatic heterocycles. The standard InChI is InChI=1S/C36H28N2O10S/c1-20(39)48-36-16-23(9-5-2-3-8-12-29(36)41)37-32-27(36)15-28(40)30-31(32)34(43)26-14-22-18-38(17-21(22)13-25(26)33(30)42)35(44)47-19-49(45,46)24-10-6-4-7-11-24/h2-4,6-7,10-11,13-15,20,23,29,37,39-41H,16-19H2,1H3/b3-2-/t20-,23-,29+,36-/m0/s1. The van der Waals surface area contributed by atoms with Crippen LogP contribution >= 0.6 is 0 Å². The Hall–Kier alpha value is -5.44. The van der Waals surface area contributed by atoms with Crippen molar-refractivity contribution in [2.75, 3.05) is 11.3 Å². The Balaban J connectivity index is 1.25. The minimum absolute atomic E-state index is 0.00671. The fourth-order valence-electron chi connectivity index (χ4n) is 6.69. The van der Waals surface area contributed by atoms with Gasteiger partial charge in [-0.15, -0.1) is 0 Å². The summed E-state index contributed by atoms with van der Waals surface area (Å²) in [7, 11) is -3.90. The summed E-state index contributed by atoms with van der Waals surface area (Å²) >= 11 is 0. The summed E-state index contributed by atoms with van der Waals surface area (Å²) in [5, 5.41) is 36.2. The van der Waals surface area contributed by atoms with E-state index < -0.39 is 63.2 Å². The number of rotatable bonds is 5. The molecule has 13 heteroatoms. The number of nitrogens with zero attached hydrogens (tertiary/aromatic N) is 1. The molecule has 1 amide bonds. The largest absolute Gasteiger partial charge is 0.507 e. The Morgan fingerprint density at radius 3 is 2.31 bits per heavy atom. The SMILES string of the molecule is C[C@@H](O)O[C@]12C[C@H](C#C/C=C\C#C[C@H]1O)Nc1c2cc(O)c2c1C(=O)c1cc3c(cc1C2=O)CN(C(=O)OCS(=O)(=O)c1ccccc1)C3. The van der Waals surface area contributed by atoms with Crippen molar-refractivity contribution in [1.82, 2.24) is 4.90 Å². The zero-order chi connectivity index (χ0) is 34.7. The van der Waals surface area contributed by atoms with Gasteiger partial charge in [0.25, 0.3) is 0 Å². The number of hydrogen-bond donors (Lipinski definition) is 4. The molecule has 49 heavy (non-hydrogen) atoms. The molecule has 3 aromatic rings. The van der Waals surface area contributed by atoms with E-state index in [-0.39, 0.29) is 57.9 Å². The highest BCUT2D eigenvalue weighted by molar-refractivity contribution is 7.91. The van der Waals surface area contributed by atoms with Crippen LogP contribution in [0.2, 0.25) is 0 Å². The molecule has 0 unspecified atom stereocenters. The van der Waals surface area contributed by atoms with Crippen molar-refractivity contribution in [2.45, 2.75) is 55.4 Å². The molecule has 2 bridgehead atoms. The fourth-order valence-corrected chi connectivity index (χ4v) is 7.65. The molecule has 2 aliphatic heterocycles. The average Bonchev–Trinajstić information content (AvgIpc) is 3.50. The minimum atomic E-state index is -3.90. The van der Waals surface area contributed by atoms with Crippen molar-refractivity contribution in [3.63, 3.8) is 0 Å². The number of aliphatic hydroxyl groups excluding tert-OH is 2. The highest BCUT2D eigenvalue weighted by Crippen LogP contribution is 2.50. The number of carbonyl (C=O) groups is 3. The Labute approximate surface area is 280 Å². The van der Waals surface area contributed by atoms with Gasteiger partial charge in [-0.2, -0.15) is 0 Å². The van der Waals surface area contributed by atoms with Gasteiger partial charge >= 0.3 is 6.09 Å². The number of amides is 1. The first-order chi connectivity index (χ1) is 23.4. The molecule has 4 N–H and O–H groups in total. The summed E-state index contributed by atoms with van der Waals surface area (Å²) in [6, 6.07) is 11.1. The number of aromatic hydroxyl groups is 1. The topological polar surface area (TPSA) is 180 Å². The number of ether oxygens (including phenoxy) is 2. The number of fused-ring (bicyclic) bond motifs is 8. The van der Waals surface area contributed by atoms with E-state index >= 15 is 0 Å². The molecule has 7 rings (SSSR count). The van der Waals surface area contributed by atoms with Gasteiger partial charge in [-0.25, -0.2) is 13.2 Å². The van der Waals surface area contributed by atoms with Crippen LogP contribution in [0.25, 0.3) is 0 Å². The number of aliphatic hydroxyl groups is 2. The zero-order valence-electron chi connectivity index (χ0n) is 25.9. The van der Waals surface area contributed by atoms with E-state index in [1.165, 1.54) is 54.3 Å². The van der Waals surface area contributed by atoms with Crippen LogP contribution in [-0.2, 0) is 38.0 Å².